The van der Waals surface area contributed by atoms with Crippen molar-refractivity contribution in [1.29, 1.82) is 0 Å². The summed E-state index contributed by atoms with van der Waals surface area (Å²) < 4.78 is 1.78. The molecule has 4 rings (SSSR count). The lowest BCUT2D eigenvalue weighted by Crippen LogP contribution is -2.45. The first-order chi connectivity index (χ1) is 15.7. The smallest absolute Gasteiger partial charge is 0.259 e. The van der Waals surface area contributed by atoms with Crippen LogP contribution in [0.1, 0.15) is 77.7 Å². The van der Waals surface area contributed by atoms with Gasteiger partial charge in [0.1, 0.15) is 5.82 Å². The van der Waals surface area contributed by atoms with Crippen molar-refractivity contribution in [2.24, 2.45) is 5.92 Å². The van der Waals surface area contributed by atoms with Crippen LogP contribution in [0.25, 0.3) is 0 Å². The Morgan fingerprint density at radius 2 is 1.88 bits per heavy atom. The molecular weight excluding hydrogens is 416 g/mol. The van der Waals surface area contributed by atoms with Crippen molar-refractivity contribution in [2.45, 2.75) is 72.4 Å². The van der Waals surface area contributed by atoms with Gasteiger partial charge in [-0.1, -0.05) is 31.0 Å². The predicted molar refractivity (Wildman–Crippen MR) is 127 cm³/mol. The molecule has 176 valence electrons. The van der Waals surface area contributed by atoms with E-state index in [0.717, 1.165) is 41.9 Å². The summed E-state index contributed by atoms with van der Waals surface area (Å²) in [5, 5.41) is 3.00. The Morgan fingerprint density at radius 3 is 2.58 bits per heavy atom. The van der Waals surface area contributed by atoms with Gasteiger partial charge in [-0.05, 0) is 44.7 Å². The second-order valence-electron chi connectivity index (χ2n) is 9.93. The molecule has 2 aliphatic heterocycles. The maximum Gasteiger partial charge on any atom is 0.259 e. The first-order valence-electron chi connectivity index (χ1n) is 12.0. The number of benzene rings is 1. The summed E-state index contributed by atoms with van der Waals surface area (Å²) in [6.45, 7) is 9.27. The van der Waals surface area contributed by atoms with Crippen LogP contribution in [0.4, 0.5) is 0 Å². The van der Waals surface area contributed by atoms with Crippen molar-refractivity contribution in [2.75, 3.05) is 13.1 Å². The molecule has 0 fully saturated rings. The van der Waals surface area contributed by atoms with Crippen LogP contribution in [-0.2, 0) is 24.2 Å². The molecule has 0 bridgehead atoms. The van der Waals surface area contributed by atoms with E-state index in [4.69, 9.17) is 4.98 Å². The fourth-order valence-electron chi connectivity index (χ4n) is 5.04. The van der Waals surface area contributed by atoms with E-state index in [2.05, 4.69) is 5.32 Å². The zero-order chi connectivity index (χ0) is 23.7. The lowest BCUT2D eigenvalue weighted by molar-refractivity contribution is -0.121. The zero-order valence-corrected chi connectivity index (χ0v) is 20.1. The number of amides is 2. The van der Waals surface area contributed by atoms with Crippen molar-refractivity contribution in [3.05, 3.63) is 62.3 Å². The molecule has 7 heteroatoms. The number of fused-ring (bicyclic) bond motifs is 2. The molecule has 2 amide bonds. The van der Waals surface area contributed by atoms with E-state index in [9.17, 15) is 14.4 Å². The highest BCUT2D eigenvalue weighted by Crippen LogP contribution is 2.25. The molecule has 0 radical (unpaired) electrons. The summed E-state index contributed by atoms with van der Waals surface area (Å²) >= 11 is 0. The monoisotopic (exact) mass is 450 g/mol. The molecule has 33 heavy (non-hydrogen) atoms. The van der Waals surface area contributed by atoms with Crippen molar-refractivity contribution >= 4 is 11.8 Å². The molecule has 1 aromatic heterocycles. The summed E-state index contributed by atoms with van der Waals surface area (Å²) in [7, 11) is 0. The number of hydrogen-bond acceptors (Lipinski definition) is 4. The Kier molecular flexibility index (Phi) is 6.68. The summed E-state index contributed by atoms with van der Waals surface area (Å²) in [4.78, 5) is 45.5. The van der Waals surface area contributed by atoms with E-state index >= 15 is 0 Å². The fourth-order valence-corrected chi connectivity index (χ4v) is 5.04. The Labute approximate surface area is 195 Å². The lowest BCUT2D eigenvalue weighted by atomic mass is 9.99. The van der Waals surface area contributed by atoms with Crippen LogP contribution < -0.4 is 10.9 Å². The molecular formula is C26H34N4O3. The highest BCUT2D eigenvalue weighted by atomic mass is 16.2. The fraction of sp³-hybridized carbons (Fsp3) is 0.538. The van der Waals surface area contributed by atoms with Gasteiger partial charge in [0.25, 0.3) is 11.5 Å². The molecule has 3 heterocycles. The van der Waals surface area contributed by atoms with Crippen molar-refractivity contribution in [1.82, 2.24) is 19.8 Å². The van der Waals surface area contributed by atoms with Crippen LogP contribution in [0.5, 0.6) is 0 Å². The van der Waals surface area contributed by atoms with E-state index < -0.39 is 0 Å². The Hall–Kier alpha value is -2.96. The van der Waals surface area contributed by atoms with E-state index in [1.54, 1.807) is 9.47 Å². The van der Waals surface area contributed by atoms with Gasteiger partial charge in [-0.25, -0.2) is 4.98 Å². The Morgan fingerprint density at radius 1 is 1.15 bits per heavy atom. The molecule has 1 atom stereocenters. The third-order valence-electron chi connectivity index (χ3n) is 6.52. The molecule has 1 unspecified atom stereocenters. The van der Waals surface area contributed by atoms with E-state index in [1.165, 1.54) is 0 Å². The third kappa shape index (κ3) is 5.02. The van der Waals surface area contributed by atoms with E-state index in [-0.39, 0.29) is 30.0 Å². The molecule has 1 aromatic carbocycles. The van der Waals surface area contributed by atoms with Gasteiger partial charge in [0.05, 0.1) is 23.8 Å². The Bertz CT molecular complexity index is 1110. The van der Waals surface area contributed by atoms with Gasteiger partial charge in [-0.3, -0.25) is 19.0 Å². The molecule has 7 nitrogen and oxygen atoms in total. The minimum absolute atomic E-state index is 0.0151. The summed E-state index contributed by atoms with van der Waals surface area (Å²) in [5.74, 6) is 1.07. The van der Waals surface area contributed by atoms with Gasteiger partial charge in [-0.2, -0.15) is 0 Å². The SMILES string of the molecule is Cc1cc(C)cc(C(=O)N2CCc3nc4n(c(=O)c3C2)C(CNC(=O)CC(C)C)CCC4)c1. The van der Waals surface area contributed by atoms with E-state index in [1.807, 2.05) is 45.9 Å². The number of carbonyl (C=O) groups is 2. The third-order valence-corrected chi connectivity index (χ3v) is 6.52. The minimum atomic E-state index is -0.0966. The summed E-state index contributed by atoms with van der Waals surface area (Å²) in [5.41, 5.74) is 4.13. The number of rotatable bonds is 5. The maximum absolute atomic E-state index is 13.6. The van der Waals surface area contributed by atoms with Crippen LogP contribution in [-0.4, -0.2) is 39.4 Å². The summed E-state index contributed by atoms with van der Waals surface area (Å²) in [6, 6.07) is 5.75. The maximum atomic E-state index is 13.6. The lowest BCUT2D eigenvalue weighted by Gasteiger charge is -2.32. The number of carbonyl (C=O) groups excluding carboxylic acids is 2. The van der Waals surface area contributed by atoms with Gasteiger partial charge in [0.15, 0.2) is 0 Å². The molecule has 0 aliphatic carbocycles. The molecule has 2 aliphatic rings. The summed E-state index contributed by atoms with van der Waals surface area (Å²) in [6.07, 6.45) is 3.62. The van der Waals surface area contributed by atoms with Crippen molar-refractivity contribution < 1.29 is 9.59 Å². The van der Waals surface area contributed by atoms with Gasteiger partial charge in [-0.15, -0.1) is 0 Å². The first-order valence-corrected chi connectivity index (χ1v) is 12.0. The number of nitrogens with one attached hydrogen (secondary N) is 1. The average molecular weight is 451 g/mol. The van der Waals surface area contributed by atoms with Gasteiger partial charge >= 0.3 is 0 Å². The number of aromatic nitrogens is 2. The van der Waals surface area contributed by atoms with Crippen LogP contribution in [0.15, 0.2) is 23.0 Å². The van der Waals surface area contributed by atoms with Gasteiger partial charge in [0.2, 0.25) is 5.91 Å². The zero-order valence-electron chi connectivity index (χ0n) is 20.1. The number of nitrogens with zero attached hydrogens (tertiary/aromatic N) is 3. The van der Waals surface area contributed by atoms with Gasteiger partial charge in [0, 0.05) is 37.9 Å². The van der Waals surface area contributed by atoms with Crippen molar-refractivity contribution in [3.63, 3.8) is 0 Å². The normalized spacial score (nSPS) is 17.5. The molecule has 1 N–H and O–H groups in total. The topological polar surface area (TPSA) is 84.3 Å². The number of aryl methyl sites for hydroxylation is 3. The van der Waals surface area contributed by atoms with Crippen LogP contribution in [0, 0.1) is 19.8 Å². The number of hydrogen-bond donors (Lipinski definition) is 1. The molecule has 0 spiro atoms. The largest absolute Gasteiger partial charge is 0.354 e. The second kappa shape index (κ2) is 9.49. The Balaban J connectivity index is 1.58. The second-order valence-corrected chi connectivity index (χ2v) is 9.93. The first kappa shape index (κ1) is 23.2. The van der Waals surface area contributed by atoms with Crippen molar-refractivity contribution in [3.8, 4) is 0 Å². The average Bonchev–Trinajstić information content (AvgIpc) is 2.76. The molecule has 2 aromatic rings. The molecule has 0 saturated carbocycles. The minimum Gasteiger partial charge on any atom is -0.354 e. The highest BCUT2D eigenvalue weighted by Gasteiger charge is 2.30. The highest BCUT2D eigenvalue weighted by molar-refractivity contribution is 5.94. The van der Waals surface area contributed by atoms with Crippen LogP contribution in [0.2, 0.25) is 0 Å². The quantitative estimate of drug-likeness (QED) is 0.759. The predicted octanol–water partition coefficient (Wildman–Crippen LogP) is 3.10. The molecule has 0 saturated heterocycles. The van der Waals surface area contributed by atoms with Crippen LogP contribution >= 0.6 is 0 Å². The standard InChI is InChI=1S/C26H34N4O3/c1-16(2)10-24(31)27-14-20-6-5-7-23-28-22-8-9-29(15-21(22)26(33)30(20)23)25(32)19-12-17(3)11-18(4)13-19/h11-13,16,20H,5-10,14-15H2,1-4H3,(H,27,31). The van der Waals surface area contributed by atoms with E-state index in [0.29, 0.717) is 43.0 Å². The van der Waals surface area contributed by atoms with Crippen LogP contribution in [0.3, 0.4) is 0 Å². The van der Waals surface area contributed by atoms with Gasteiger partial charge < -0.3 is 10.2 Å².